The molecule has 1 aromatic rings. The molecule has 2 unspecified atom stereocenters. The highest BCUT2D eigenvalue weighted by molar-refractivity contribution is 5.85. The molecule has 1 aliphatic heterocycles. The van der Waals surface area contributed by atoms with Crippen LogP contribution in [0.4, 0.5) is 0 Å². The van der Waals surface area contributed by atoms with Crippen molar-refractivity contribution in [3.63, 3.8) is 0 Å². The smallest absolute Gasteiger partial charge is 0.259 e. The van der Waals surface area contributed by atoms with Crippen LogP contribution in [0.5, 0.6) is 5.75 Å². The normalized spacial score (nSPS) is 17.4. The van der Waals surface area contributed by atoms with E-state index in [0.717, 1.165) is 18.7 Å². The second-order valence-electron chi connectivity index (χ2n) is 7.29. The van der Waals surface area contributed by atoms with Gasteiger partial charge in [0.05, 0.1) is 0 Å². The standard InChI is InChI=1S/C20H31N3O3.ClH/c1-15(17-7-5-9-21-13-17)10-19(24)22-12-16-6-4-8-18(11-16)26-14-20(25)23(2)3;/h4,6,8,11,15,17,21H,5,7,9-10,12-14H2,1-3H3,(H,22,24);1H. The van der Waals surface area contributed by atoms with Crippen molar-refractivity contribution in [3.05, 3.63) is 29.8 Å². The molecule has 2 N–H and O–H groups in total. The van der Waals surface area contributed by atoms with Gasteiger partial charge in [-0.25, -0.2) is 0 Å². The molecule has 1 saturated heterocycles. The van der Waals surface area contributed by atoms with Gasteiger partial charge in [-0.3, -0.25) is 9.59 Å². The van der Waals surface area contributed by atoms with Gasteiger partial charge in [0.1, 0.15) is 5.75 Å². The van der Waals surface area contributed by atoms with Crippen LogP contribution in [0.15, 0.2) is 24.3 Å². The summed E-state index contributed by atoms with van der Waals surface area (Å²) in [6, 6.07) is 7.48. The van der Waals surface area contributed by atoms with Gasteiger partial charge in [0.25, 0.3) is 5.91 Å². The minimum atomic E-state index is -0.0881. The Morgan fingerprint density at radius 3 is 2.81 bits per heavy atom. The fourth-order valence-corrected chi connectivity index (χ4v) is 3.12. The Kier molecular flexibility index (Phi) is 10.2. The Hall–Kier alpha value is -1.79. The summed E-state index contributed by atoms with van der Waals surface area (Å²) in [6.07, 6.45) is 2.95. The molecule has 1 aromatic carbocycles. The number of carbonyl (C=O) groups excluding carboxylic acids is 2. The Labute approximate surface area is 168 Å². The third-order valence-electron chi connectivity index (χ3n) is 4.90. The van der Waals surface area contributed by atoms with Gasteiger partial charge in [-0.15, -0.1) is 12.4 Å². The third-order valence-corrected chi connectivity index (χ3v) is 4.90. The minimum Gasteiger partial charge on any atom is -0.484 e. The summed E-state index contributed by atoms with van der Waals surface area (Å²) in [5, 5.41) is 6.40. The van der Waals surface area contributed by atoms with E-state index >= 15 is 0 Å². The predicted molar refractivity (Wildman–Crippen MR) is 109 cm³/mol. The molecule has 0 saturated carbocycles. The third kappa shape index (κ3) is 8.18. The minimum absolute atomic E-state index is 0. The number of halogens is 1. The molecule has 0 aromatic heterocycles. The predicted octanol–water partition coefficient (Wildman–Crippen LogP) is 2.22. The number of piperidine rings is 1. The molecule has 152 valence electrons. The zero-order valence-electron chi connectivity index (χ0n) is 16.5. The first-order valence-electron chi connectivity index (χ1n) is 9.35. The maximum Gasteiger partial charge on any atom is 0.259 e. The van der Waals surface area contributed by atoms with E-state index in [2.05, 4.69) is 17.6 Å². The van der Waals surface area contributed by atoms with Gasteiger partial charge in [0.2, 0.25) is 5.91 Å². The van der Waals surface area contributed by atoms with Crippen molar-refractivity contribution in [2.75, 3.05) is 33.8 Å². The first kappa shape index (κ1) is 23.2. The molecule has 27 heavy (non-hydrogen) atoms. The zero-order chi connectivity index (χ0) is 18.9. The van der Waals surface area contributed by atoms with Gasteiger partial charge < -0.3 is 20.3 Å². The quantitative estimate of drug-likeness (QED) is 0.705. The Morgan fingerprint density at radius 2 is 2.15 bits per heavy atom. The first-order chi connectivity index (χ1) is 12.5. The van der Waals surface area contributed by atoms with Crippen molar-refractivity contribution < 1.29 is 14.3 Å². The van der Waals surface area contributed by atoms with E-state index in [1.54, 1.807) is 14.1 Å². The van der Waals surface area contributed by atoms with E-state index in [1.165, 1.54) is 17.7 Å². The number of nitrogens with zero attached hydrogens (tertiary/aromatic N) is 1. The number of likely N-dealkylation sites (N-methyl/N-ethyl adjacent to an activating group) is 1. The lowest BCUT2D eigenvalue weighted by Crippen LogP contribution is -2.35. The zero-order valence-corrected chi connectivity index (χ0v) is 17.3. The van der Waals surface area contributed by atoms with Crippen molar-refractivity contribution >= 4 is 24.2 Å². The van der Waals surface area contributed by atoms with E-state index in [-0.39, 0.29) is 30.8 Å². The van der Waals surface area contributed by atoms with E-state index in [1.807, 2.05) is 24.3 Å². The molecule has 1 aliphatic rings. The van der Waals surface area contributed by atoms with Crippen LogP contribution < -0.4 is 15.4 Å². The summed E-state index contributed by atoms with van der Waals surface area (Å²) >= 11 is 0. The van der Waals surface area contributed by atoms with Gasteiger partial charge in [0.15, 0.2) is 6.61 Å². The summed E-state index contributed by atoms with van der Waals surface area (Å²) in [6.45, 7) is 4.74. The molecule has 0 bridgehead atoms. The monoisotopic (exact) mass is 397 g/mol. The molecule has 7 heteroatoms. The number of carbonyl (C=O) groups is 2. The Morgan fingerprint density at radius 1 is 1.37 bits per heavy atom. The number of nitrogens with one attached hydrogen (secondary N) is 2. The summed E-state index contributed by atoms with van der Waals surface area (Å²) < 4.78 is 5.51. The van der Waals surface area contributed by atoms with Crippen molar-refractivity contribution in [3.8, 4) is 5.75 Å². The number of hydrogen-bond donors (Lipinski definition) is 2. The molecule has 2 rings (SSSR count). The highest BCUT2D eigenvalue weighted by atomic mass is 35.5. The van der Waals surface area contributed by atoms with Crippen LogP contribution in [0.1, 0.15) is 31.7 Å². The first-order valence-corrected chi connectivity index (χ1v) is 9.35. The van der Waals surface area contributed by atoms with Crippen molar-refractivity contribution in [2.45, 2.75) is 32.7 Å². The van der Waals surface area contributed by atoms with Gasteiger partial charge in [-0.1, -0.05) is 19.1 Å². The lowest BCUT2D eigenvalue weighted by Gasteiger charge is -2.28. The summed E-state index contributed by atoms with van der Waals surface area (Å²) in [5.41, 5.74) is 0.958. The van der Waals surface area contributed by atoms with Crippen LogP contribution in [-0.2, 0) is 16.1 Å². The summed E-state index contributed by atoms with van der Waals surface area (Å²) in [5.74, 6) is 1.59. The maximum absolute atomic E-state index is 12.2. The van der Waals surface area contributed by atoms with Crippen LogP contribution in [0, 0.1) is 11.8 Å². The van der Waals surface area contributed by atoms with E-state index in [4.69, 9.17) is 4.74 Å². The molecule has 6 nitrogen and oxygen atoms in total. The second kappa shape index (κ2) is 11.8. The van der Waals surface area contributed by atoms with Crippen molar-refractivity contribution in [2.24, 2.45) is 11.8 Å². The van der Waals surface area contributed by atoms with Gasteiger partial charge in [-0.2, -0.15) is 0 Å². The van der Waals surface area contributed by atoms with Crippen LogP contribution in [0.3, 0.4) is 0 Å². The molecule has 2 amide bonds. The molecule has 0 aliphatic carbocycles. The number of amides is 2. The topological polar surface area (TPSA) is 70.7 Å². The Bertz CT molecular complexity index is 604. The molecule has 0 spiro atoms. The molecule has 1 heterocycles. The SMILES string of the molecule is CC(CC(=O)NCc1cccc(OCC(=O)N(C)C)c1)C1CCCNC1.Cl. The maximum atomic E-state index is 12.2. The van der Waals surface area contributed by atoms with Crippen LogP contribution in [0.2, 0.25) is 0 Å². The van der Waals surface area contributed by atoms with E-state index in [9.17, 15) is 9.59 Å². The van der Waals surface area contributed by atoms with Crippen LogP contribution >= 0.6 is 12.4 Å². The van der Waals surface area contributed by atoms with Gasteiger partial charge in [0, 0.05) is 27.1 Å². The van der Waals surface area contributed by atoms with E-state index < -0.39 is 0 Å². The Balaban J connectivity index is 0.00000364. The lowest BCUT2D eigenvalue weighted by molar-refractivity contribution is -0.130. The molecule has 1 fully saturated rings. The van der Waals surface area contributed by atoms with Crippen LogP contribution in [0.25, 0.3) is 0 Å². The molecular weight excluding hydrogens is 366 g/mol. The average molecular weight is 398 g/mol. The molecule has 0 radical (unpaired) electrons. The summed E-state index contributed by atoms with van der Waals surface area (Å²) in [4.78, 5) is 25.3. The fraction of sp³-hybridized carbons (Fsp3) is 0.600. The average Bonchev–Trinajstić information content (AvgIpc) is 2.65. The summed E-state index contributed by atoms with van der Waals surface area (Å²) in [7, 11) is 3.39. The van der Waals surface area contributed by atoms with Crippen LogP contribution in [-0.4, -0.2) is 50.5 Å². The number of ether oxygens (including phenoxy) is 1. The van der Waals surface area contributed by atoms with Gasteiger partial charge >= 0.3 is 0 Å². The lowest BCUT2D eigenvalue weighted by atomic mass is 9.85. The highest BCUT2D eigenvalue weighted by Gasteiger charge is 2.21. The fourth-order valence-electron chi connectivity index (χ4n) is 3.12. The number of rotatable bonds is 8. The van der Waals surface area contributed by atoms with Crippen molar-refractivity contribution in [1.29, 1.82) is 0 Å². The van der Waals surface area contributed by atoms with E-state index in [0.29, 0.717) is 30.6 Å². The van der Waals surface area contributed by atoms with Crippen molar-refractivity contribution in [1.82, 2.24) is 15.5 Å². The largest absolute Gasteiger partial charge is 0.484 e. The molecule has 2 atom stereocenters. The number of hydrogen-bond acceptors (Lipinski definition) is 4. The highest BCUT2D eigenvalue weighted by Crippen LogP contribution is 2.22. The number of benzene rings is 1. The second-order valence-corrected chi connectivity index (χ2v) is 7.29. The molecular formula is C20H32ClN3O3. The van der Waals surface area contributed by atoms with Gasteiger partial charge in [-0.05, 0) is 55.5 Å².